The molecule has 0 aromatic heterocycles. The maximum Gasteiger partial charge on any atom is 0.0753 e. The number of aliphatic hydroxyl groups excluding tert-OH is 3. The summed E-state index contributed by atoms with van der Waals surface area (Å²) in [5, 5.41) is 29.6. The first-order chi connectivity index (χ1) is 10.8. The van der Waals surface area contributed by atoms with Crippen LogP contribution < -0.4 is 0 Å². The molecular weight excluding hydrogens is 288 g/mol. The van der Waals surface area contributed by atoms with Gasteiger partial charge in [-0.15, -0.1) is 0 Å². The zero-order chi connectivity index (χ0) is 17.3. The van der Waals surface area contributed by atoms with E-state index in [2.05, 4.69) is 27.4 Å². The average molecular weight is 322 g/mol. The fraction of sp³-hybridized carbons (Fsp3) is 0.800. The third-order valence-corrected chi connectivity index (χ3v) is 6.86. The van der Waals surface area contributed by atoms with Crippen LogP contribution in [-0.4, -0.2) is 34.6 Å². The summed E-state index contributed by atoms with van der Waals surface area (Å²) in [6, 6.07) is 0. The fourth-order valence-electron chi connectivity index (χ4n) is 5.35. The van der Waals surface area contributed by atoms with E-state index in [9.17, 15) is 10.2 Å². The van der Waals surface area contributed by atoms with Crippen molar-refractivity contribution >= 4 is 0 Å². The molecule has 23 heavy (non-hydrogen) atoms. The second-order valence-corrected chi connectivity index (χ2v) is 8.37. The predicted octanol–water partition coefficient (Wildman–Crippen LogP) is 3.45. The minimum atomic E-state index is -0.454. The summed E-state index contributed by atoms with van der Waals surface area (Å²) in [6.45, 7) is 11.1. The highest BCUT2D eigenvalue weighted by Gasteiger charge is 2.56. The first-order valence-electron chi connectivity index (χ1n) is 9.02. The summed E-state index contributed by atoms with van der Waals surface area (Å²) >= 11 is 0. The number of aliphatic hydroxyl groups is 3. The van der Waals surface area contributed by atoms with Gasteiger partial charge in [-0.1, -0.05) is 38.5 Å². The van der Waals surface area contributed by atoms with Crippen molar-refractivity contribution in [2.24, 2.45) is 22.7 Å². The molecule has 5 atom stereocenters. The van der Waals surface area contributed by atoms with E-state index in [1.54, 1.807) is 0 Å². The molecule has 2 rings (SSSR count). The number of hydrogen-bond donors (Lipinski definition) is 3. The Hall–Kier alpha value is -0.640. The van der Waals surface area contributed by atoms with Crippen molar-refractivity contribution in [2.45, 2.75) is 65.4 Å². The molecule has 0 radical (unpaired) electrons. The van der Waals surface area contributed by atoms with Gasteiger partial charge >= 0.3 is 0 Å². The Morgan fingerprint density at radius 2 is 2.00 bits per heavy atom. The summed E-state index contributed by atoms with van der Waals surface area (Å²) in [5.41, 5.74) is 2.18. The Morgan fingerprint density at radius 1 is 1.30 bits per heavy atom. The van der Waals surface area contributed by atoms with Crippen molar-refractivity contribution in [2.75, 3.05) is 13.2 Å². The second kappa shape index (κ2) is 7.08. The van der Waals surface area contributed by atoms with Gasteiger partial charge in [0.05, 0.1) is 12.7 Å². The van der Waals surface area contributed by atoms with Gasteiger partial charge in [0.2, 0.25) is 0 Å². The van der Waals surface area contributed by atoms with Gasteiger partial charge in [0, 0.05) is 6.61 Å². The van der Waals surface area contributed by atoms with Gasteiger partial charge in [-0.25, -0.2) is 0 Å². The molecule has 5 unspecified atom stereocenters. The normalized spacial score (nSPS) is 41.7. The summed E-state index contributed by atoms with van der Waals surface area (Å²) in [5.74, 6) is 0.617. The standard InChI is InChI=1S/C20H34O3/c1-14(8-11-21)6-7-16-15(2)17(23)12-18-19(3,13-22)9-5-10-20(16,18)4/h8,16-18,21-23H,2,5-7,9-13H2,1,3-4H3. The predicted molar refractivity (Wildman–Crippen MR) is 94.0 cm³/mol. The van der Waals surface area contributed by atoms with Gasteiger partial charge in [0.25, 0.3) is 0 Å². The lowest BCUT2D eigenvalue weighted by molar-refractivity contribution is -0.108. The number of fused-ring (bicyclic) bond motifs is 1. The number of allylic oxidation sites excluding steroid dienone is 1. The monoisotopic (exact) mass is 322 g/mol. The van der Waals surface area contributed by atoms with E-state index >= 15 is 0 Å². The highest BCUT2D eigenvalue weighted by atomic mass is 16.3. The summed E-state index contributed by atoms with van der Waals surface area (Å²) in [7, 11) is 0. The molecule has 2 fully saturated rings. The first-order valence-corrected chi connectivity index (χ1v) is 9.02. The van der Waals surface area contributed by atoms with E-state index in [0.29, 0.717) is 5.92 Å². The van der Waals surface area contributed by atoms with Crippen LogP contribution in [0.2, 0.25) is 0 Å². The third-order valence-electron chi connectivity index (χ3n) is 6.86. The average Bonchev–Trinajstić information content (AvgIpc) is 2.50. The molecule has 0 aromatic rings. The van der Waals surface area contributed by atoms with Crippen LogP contribution in [0.15, 0.2) is 23.8 Å². The molecule has 3 nitrogen and oxygen atoms in total. The van der Waals surface area contributed by atoms with Crippen molar-refractivity contribution < 1.29 is 15.3 Å². The van der Waals surface area contributed by atoms with Gasteiger partial charge in [0.1, 0.15) is 0 Å². The van der Waals surface area contributed by atoms with E-state index in [1.165, 1.54) is 5.57 Å². The zero-order valence-electron chi connectivity index (χ0n) is 15.0. The molecule has 0 heterocycles. The quantitative estimate of drug-likeness (QED) is 0.679. The Bertz CT molecular complexity index is 470. The molecule has 0 spiro atoms. The van der Waals surface area contributed by atoms with Crippen LogP contribution >= 0.6 is 0 Å². The molecule has 3 heteroatoms. The molecular formula is C20H34O3. The molecule has 0 amide bonds. The highest BCUT2D eigenvalue weighted by molar-refractivity contribution is 5.21. The van der Waals surface area contributed by atoms with Crippen LogP contribution in [0, 0.1) is 22.7 Å². The van der Waals surface area contributed by atoms with Gasteiger partial charge in [-0.2, -0.15) is 0 Å². The van der Waals surface area contributed by atoms with Gasteiger partial charge < -0.3 is 15.3 Å². The Morgan fingerprint density at radius 3 is 2.61 bits per heavy atom. The van der Waals surface area contributed by atoms with Crippen molar-refractivity contribution in [1.29, 1.82) is 0 Å². The van der Waals surface area contributed by atoms with Crippen molar-refractivity contribution in [3.8, 4) is 0 Å². The van der Waals surface area contributed by atoms with Crippen LogP contribution in [0.5, 0.6) is 0 Å². The lowest BCUT2D eigenvalue weighted by Crippen LogP contribution is -2.54. The molecule has 0 saturated heterocycles. The fourth-order valence-corrected chi connectivity index (χ4v) is 5.35. The SMILES string of the molecule is C=C1C(O)CC2C(C)(CO)CCCC2(C)C1CCC(C)=CCO. The maximum atomic E-state index is 10.6. The van der Waals surface area contributed by atoms with Crippen LogP contribution in [0.1, 0.15) is 59.3 Å². The first kappa shape index (κ1) is 18.7. The van der Waals surface area contributed by atoms with E-state index in [-0.39, 0.29) is 30.0 Å². The maximum absolute atomic E-state index is 10.6. The molecule has 0 aliphatic heterocycles. The van der Waals surface area contributed by atoms with Crippen molar-refractivity contribution in [3.05, 3.63) is 23.8 Å². The Balaban J connectivity index is 2.27. The minimum Gasteiger partial charge on any atom is -0.396 e. The highest BCUT2D eigenvalue weighted by Crippen LogP contribution is 2.61. The van der Waals surface area contributed by atoms with Crippen LogP contribution in [0.25, 0.3) is 0 Å². The summed E-state index contributed by atoms with van der Waals surface area (Å²) in [6.07, 6.45) is 7.35. The van der Waals surface area contributed by atoms with Crippen molar-refractivity contribution in [3.63, 3.8) is 0 Å². The minimum absolute atomic E-state index is 0.0859. The third kappa shape index (κ3) is 3.42. The van der Waals surface area contributed by atoms with Crippen LogP contribution in [0.4, 0.5) is 0 Å². The lowest BCUT2D eigenvalue weighted by Gasteiger charge is -2.59. The summed E-state index contributed by atoms with van der Waals surface area (Å²) < 4.78 is 0. The smallest absolute Gasteiger partial charge is 0.0753 e. The molecule has 2 aliphatic rings. The molecule has 0 bridgehead atoms. The van der Waals surface area contributed by atoms with E-state index < -0.39 is 6.10 Å². The Kier molecular flexibility index (Phi) is 5.76. The molecule has 3 N–H and O–H groups in total. The van der Waals surface area contributed by atoms with E-state index in [0.717, 1.165) is 44.1 Å². The Labute approximate surface area is 141 Å². The van der Waals surface area contributed by atoms with Crippen LogP contribution in [0.3, 0.4) is 0 Å². The largest absolute Gasteiger partial charge is 0.396 e. The van der Waals surface area contributed by atoms with Gasteiger partial charge in [0.15, 0.2) is 0 Å². The molecule has 132 valence electrons. The number of hydrogen-bond acceptors (Lipinski definition) is 3. The van der Waals surface area contributed by atoms with Gasteiger partial charge in [-0.3, -0.25) is 0 Å². The van der Waals surface area contributed by atoms with Gasteiger partial charge in [-0.05, 0) is 67.3 Å². The summed E-state index contributed by atoms with van der Waals surface area (Å²) in [4.78, 5) is 0. The van der Waals surface area contributed by atoms with Crippen LogP contribution in [-0.2, 0) is 0 Å². The molecule has 2 saturated carbocycles. The van der Waals surface area contributed by atoms with Crippen molar-refractivity contribution in [1.82, 2.24) is 0 Å². The zero-order valence-corrected chi connectivity index (χ0v) is 15.0. The lowest BCUT2D eigenvalue weighted by atomic mass is 9.46. The molecule has 2 aliphatic carbocycles. The molecule has 0 aromatic carbocycles. The topological polar surface area (TPSA) is 60.7 Å². The van der Waals surface area contributed by atoms with E-state index in [1.807, 2.05) is 6.08 Å². The van der Waals surface area contributed by atoms with E-state index in [4.69, 9.17) is 5.11 Å². The second-order valence-electron chi connectivity index (χ2n) is 8.37. The number of rotatable bonds is 5.